The molecule has 0 saturated carbocycles. The van der Waals surface area contributed by atoms with Gasteiger partial charge in [-0.15, -0.1) is 0 Å². The van der Waals surface area contributed by atoms with Crippen LogP contribution in [-0.4, -0.2) is 56.9 Å². The van der Waals surface area contributed by atoms with Gasteiger partial charge in [-0.3, -0.25) is 20.1 Å². The second kappa shape index (κ2) is 7.10. The number of nitrogens with one attached hydrogen (secondary N) is 2. The van der Waals surface area contributed by atoms with Crippen molar-refractivity contribution in [1.82, 2.24) is 25.2 Å². The lowest BCUT2D eigenvalue weighted by Crippen LogP contribution is -2.48. The van der Waals surface area contributed by atoms with E-state index >= 15 is 0 Å². The monoisotopic (exact) mass is 334 g/mol. The minimum atomic E-state index is -0.327. The molecular formula is C15H22N6O3. The summed E-state index contributed by atoms with van der Waals surface area (Å²) in [4.78, 5) is 18.9. The molecule has 1 aliphatic rings. The standard InChI is InChI=1S/C15H22N6O3/c1-4-12-16-14(19-18-12)11-8-21(5-6-23-11)10(3)15(22)17-13-7-9(2)20-24-13/h7,10-11H,4-6,8H2,1-3H3,(H,17,22)(H,16,18,19)/t10-,11+/m1/s1. The molecule has 2 N–H and O–H groups in total. The number of carbonyl (C=O) groups excluding carboxylic acids is 1. The van der Waals surface area contributed by atoms with E-state index in [4.69, 9.17) is 9.26 Å². The van der Waals surface area contributed by atoms with Gasteiger partial charge in [0, 0.05) is 25.6 Å². The molecule has 2 atom stereocenters. The lowest BCUT2D eigenvalue weighted by atomic mass is 10.2. The Bertz CT molecular complexity index is 697. The molecule has 1 aliphatic heterocycles. The van der Waals surface area contributed by atoms with Crippen molar-refractivity contribution in [1.29, 1.82) is 0 Å². The highest BCUT2D eigenvalue weighted by Crippen LogP contribution is 2.21. The second-order valence-corrected chi connectivity index (χ2v) is 5.85. The number of nitrogens with zero attached hydrogens (tertiary/aromatic N) is 4. The third-order valence-electron chi connectivity index (χ3n) is 4.07. The van der Waals surface area contributed by atoms with Crippen LogP contribution >= 0.6 is 0 Å². The first-order valence-electron chi connectivity index (χ1n) is 8.07. The highest BCUT2D eigenvalue weighted by Gasteiger charge is 2.31. The van der Waals surface area contributed by atoms with Crippen molar-refractivity contribution in [3.63, 3.8) is 0 Å². The molecule has 9 nitrogen and oxygen atoms in total. The van der Waals surface area contributed by atoms with Gasteiger partial charge in [0.05, 0.1) is 18.3 Å². The number of aryl methyl sites for hydroxylation is 2. The summed E-state index contributed by atoms with van der Waals surface area (Å²) in [6, 6.07) is 1.36. The Balaban J connectivity index is 1.61. The Kier molecular flexibility index (Phi) is 4.91. The summed E-state index contributed by atoms with van der Waals surface area (Å²) in [6.07, 6.45) is 0.553. The van der Waals surface area contributed by atoms with Crippen molar-refractivity contribution in [3.05, 3.63) is 23.4 Å². The summed E-state index contributed by atoms with van der Waals surface area (Å²) in [7, 11) is 0. The van der Waals surface area contributed by atoms with Gasteiger partial charge < -0.3 is 9.26 Å². The molecule has 130 valence electrons. The maximum absolute atomic E-state index is 12.4. The molecule has 3 heterocycles. The van der Waals surface area contributed by atoms with E-state index < -0.39 is 0 Å². The number of aromatic nitrogens is 4. The fraction of sp³-hybridized carbons (Fsp3) is 0.600. The van der Waals surface area contributed by atoms with Crippen LogP contribution in [0.4, 0.5) is 5.88 Å². The molecule has 1 amide bonds. The van der Waals surface area contributed by atoms with Crippen molar-refractivity contribution in [2.45, 2.75) is 39.3 Å². The van der Waals surface area contributed by atoms with Crippen LogP contribution in [0, 0.1) is 6.92 Å². The highest BCUT2D eigenvalue weighted by molar-refractivity contribution is 5.93. The van der Waals surface area contributed by atoms with Gasteiger partial charge in [0.25, 0.3) is 0 Å². The Morgan fingerprint density at radius 3 is 3.08 bits per heavy atom. The Morgan fingerprint density at radius 2 is 2.42 bits per heavy atom. The zero-order chi connectivity index (χ0) is 17.1. The van der Waals surface area contributed by atoms with Gasteiger partial charge in [0.2, 0.25) is 11.8 Å². The fourth-order valence-corrected chi connectivity index (χ4v) is 2.60. The van der Waals surface area contributed by atoms with E-state index in [1.807, 2.05) is 13.8 Å². The molecule has 0 unspecified atom stereocenters. The molecule has 1 fully saturated rings. The SMILES string of the molecule is CCc1nc([C@@H]2CN([C@H](C)C(=O)Nc3cc(C)no3)CCO2)n[nH]1. The number of hydrogen-bond acceptors (Lipinski definition) is 7. The third kappa shape index (κ3) is 3.62. The first-order chi connectivity index (χ1) is 11.6. The normalized spacial score (nSPS) is 20.0. The zero-order valence-corrected chi connectivity index (χ0v) is 14.1. The third-order valence-corrected chi connectivity index (χ3v) is 4.07. The average Bonchev–Trinajstić information content (AvgIpc) is 3.23. The van der Waals surface area contributed by atoms with Crippen molar-refractivity contribution < 1.29 is 14.1 Å². The number of ether oxygens (including phenoxy) is 1. The summed E-state index contributed by atoms with van der Waals surface area (Å²) in [6.45, 7) is 7.43. The molecule has 0 spiro atoms. The van der Waals surface area contributed by atoms with E-state index in [1.54, 1.807) is 13.0 Å². The second-order valence-electron chi connectivity index (χ2n) is 5.85. The maximum Gasteiger partial charge on any atom is 0.243 e. The van der Waals surface area contributed by atoms with Gasteiger partial charge in [-0.05, 0) is 13.8 Å². The van der Waals surface area contributed by atoms with Gasteiger partial charge >= 0.3 is 0 Å². The summed E-state index contributed by atoms with van der Waals surface area (Å²) in [5.41, 5.74) is 0.723. The Morgan fingerprint density at radius 1 is 1.58 bits per heavy atom. The van der Waals surface area contributed by atoms with Gasteiger partial charge in [0.1, 0.15) is 11.9 Å². The number of rotatable bonds is 5. The van der Waals surface area contributed by atoms with Crippen molar-refractivity contribution >= 4 is 11.8 Å². The predicted octanol–water partition coefficient (Wildman–Crippen LogP) is 1.06. The fourth-order valence-electron chi connectivity index (χ4n) is 2.60. The van der Waals surface area contributed by atoms with Gasteiger partial charge in [0.15, 0.2) is 5.82 Å². The number of anilines is 1. The van der Waals surface area contributed by atoms with E-state index in [-0.39, 0.29) is 18.1 Å². The highest BCUT2D eigenvalue weighted by atomic mass is 16.5. The van der Waals surface area contributed by atoms with Crippen LogP contribution in [0.1, 0.15) is 37.3 Å². The number of carbonyl (C=O) groups is 1. The number of H-pyrrole nitrogens is 1. The average molecular weight is 334 g/mol. The van der Waals surface area contributed by atoms with Crippen LogP contribution < -0.4 is 5.32 Å². The quantitative estimate of drug-likeness (QED) is 0.841. The smallest absolute Gasteiger partial charge is 0.243 e. The van der Waals surface area contributed by atoms with Crippen LogP contribution in [0.5, 0.6) is 0 Å². The van der Waals surface area contributed by atoms with E-state index in [0.29, 0.717) is 31.4 Å². The molecule has 1 saturated heterocycles. The van der Waals surface area contributed by atoms with E-state index in [0.717, 1.165) is 17.9 Å². The van der Waals surface area contributed by atoms with Crippen LogP contribution in [0.15, 0.2) is 10.6 Å². The van der Waals surface area contributed by atoms with Gasteiger partial charge in [-0.2, -0.15) is 5.10 Å². The minimum absolute atomic E-state index is 0.143. The largest absolute Gasteiger partial charge is 0.367 e. The molecule has 0 aliphatic carbocycles. The molecule has 24 heavy (non-hydrogen) atoms. The maximum atomic E-state index is 12.4. The van der Waals surface area contributed by atoms with Crippen molar-refractivity contribution in [3.8, 4) is 0 Å². The van der Waals surface area contributed by atoms with Crippen LogP contribution in [0.25, 0.3) is 0 Å². The number of morpholine rings is 1. The molecule has 0 radical (unpaired) electrons. The van der Waals surface area contributed by atoms with Crippen molar-refractivity contribution in [2.24, 2.45) is 0 Å². The topological polar surface area (TPSA) is 109 Å². The minimum Gasteiger partial charge on any atom is -0.367 e. The summed E-state index contributed by atoms with van der Waals surface area (Å²) >= 11 is 0. The molecule has 2 aromatic rings. The Hall–Kier alpha value is -2.26. The lowest BCUT2D eigenvalue weighted by molar-refractivity contribution is -0.124. The first-order valence-corrected chi connectivity index (χ1v) is 8.07. The van der Waals surface area contributed by atoms with E-state index in [1.165, 1.54) is 0 Å². The first kappa shape index (κ1) is 16.6. The summed E-state index contributed by atoms with van der Waals surface area (Å²) < 4.78 is 10.8. The van der Waals surface area contributed by atoms with Crippen LogP contribution in [0.2, 0.25) is 0 Å². The summed E-state index contributed by atoms with van der Waals surface area (Å²) in [5, 5.41) is 13.6. The van der Waals surface area contributed by atoms with Crippen LogP contribution in [-0.2, 0) is 16.0 Å². The van der Waals surface area contributed by atoms with E-state index in [9.17, 15) is 4.79 Å². The van der Waals surface area contributed by atoms with Gasteiger partial charge in [-0.1, -0.05) is 12.1 Å². The van der Waals surface area contributed by atoms with Crippen LogP contribution in [0.3, 0.4) is 0 Å². The number of aromatic amines is 1. The number of amides is 1. The molecule has 2 aromatic heterocycles. The molecule has 0 bridgehead atoms. The zero-order valence-electron chi connectivity index (χ0n) is 14.1. The lowest BCUT2D eigenvalue weighted by Gasteiger charge is -2.34. The van der Waals surface area contributed by atoms with E-state index in [2.05, 4.69) is 30.6 Å². The Labute approximate surface area is 139 Å². The summed E-state index contributed by atoms with van der Waals surface area (Å²) in [5.74, 6) is 1.68. The van der Waals surface area contributed by atoms with Gasteiger partial charge in [-0.25, -0.2) is 4.98 Å². The molecule has 0 aromatic carbocycles. The molecule has 9 heteroatoms. The molecule has 3 rings (SSSR count). The predicted molar refractivity (Wildman–Crippen MR) is 85.4 cm³/mol. The molecular weight excluding hydrogens is 312 g/mol. The van der Waals surface area contributed by atoms with Crippen molar-refractivity contribution in [2.75, 3.05) is 25.0 Å². The number of hydrogen-bond donors (Lipinski definition) is 2.